The Morgan fingerprint density at radius 1 is 1.35 bits per heavy atom. The number of likely N-dealkylation sites (tertiary alicyclic amines) is 1. The molecule has 1 saturated heterocycles. The molecule has 4 nitrogen and oxygen atoms in total. The monoisotopic (exact) mass is 236 g/mol. The summed E-state index contributed by atoms with van der Waals surface area (Å²) in [5.74, 6) is 0. The Balaban J connectivity index is 1.79. The minimum Gasteiger partial charge on any atom is -0.387 e. The minimum atomic E-state index is -0.476. The van der Waals surface area contributed by atoms with Gasteiger partial charge in [-0.15, -0.1) is 0 Å². The van der Waals surface area contributed by atoms with Gasteiger partial charge in [0.1, 0.15) is 0 Å². The zero-order valence-electron chi connectivity index (χ0n) is 10.3. The zero-order valence-corrected chi connectivity index (χ0v) is 10.3. The van der Waals surface area contributed by atoms with Crippen molar-refractivity contribution in [3.8, 4) is 0 Å². The van der Waals surface area contributed by atoms with E-state index < -0.39 is 5.60 Å². The highest BCUT2D eigenvalue weighted by molar-refractivity contribution is 4.96. The summed E-state index contributed by atoms with van der Waals surface area (Å²) in [5, 5.41) is 10.0. The van der Waals surface area contributed by atoms with E-state index in [-0.39, 0.29) is 5.56 Å². The van der Waals surface area contributed by atoms with Crippen LogP contribution in [0, 0.1) is 0 Å². The molecule has 0 atom stereocenters. The highest BCUT2D eigenvalue weighted by atomic mass is 16.3. The van der Waals surface area contributed by atoms with Crippen LogP contribution in [0.4, 0.5) is 0 Å². The van der Waals surface area contributed by atoms with E-state index in [4.69, 9.17) is 0 Å². The van der Waals surface area contributed by atoms with Gasteiger partial charge in [0.25, 0.3) is 5.56 Å². The smallest absolute Gasteiger partial charge is 0.250 e. The standard InChI is InChI=1S/C13H20N2O2/c1-2-6-13(17)10-14(11-13)8-9-15-7-4-3-5-12(15)16/h3-5,7,17H,2,6,8-11H2,1H3. The van der Waals surface area contributed by atoms with E-state index in [0.717, 1.165) is 32.5 Å². The molecular weight excluding hydrogens is 216 g/mol. The predicted octanol–water partition coefficient (Wildman–Crippen LogP) is 0.695. The van der Waals surface area contributed by atoms with Crippen LogP contribution in [0.15, 0.2) is 29.2 Å². The second-order valence-corrected chi connectivity index (χ2v) is 4.92. The normalized spacial score (nSPS) is 18.9. The first-order valence-corrected chi connectivity index (χ1v) is 6.23. The molecule has 0 amide bonds. The van der Waals surface area contributed by atoms with Crippen molar-refractivity contribution < 1.29 is 5.11 Å². The molecule has 17 heavy (non-hydrogen) atoms. The topological polar surface area (TPSA) is 45.5 Å². The zero-order chi connectivity index (χ0) is 12.3. The summed E-state index contributed by atoms with van der Waals surface area (Å²) in [5.41, 5.74) is -0.437. The third kappa shape index (κ3) is 2.96. The molecule has 0 unspecified atom stereocenters. The molecule has 1 aromatic heterocycles. The molecule has 94 valence electrons. The maximum absolute atomic E-state index is 11.5. The summed E-state index contributed by atoms with van der Waals surface area (Å²) < 4.78 is 1.71. The van der Waals surface area contributed by atoms with E-state index >= 15 is 0 Å². The van der Waals surface area contributed by atoms with Gasteiger partial charge >= 0.3 is 0 Å². The highest BCUT2D eigenvalue weighted by Crippen LogP contribution is 2.25. The number of aliphatic hydroxyl groups is 1. The molecule has 0 aliphatic carbocycles. The van der Waals surface area contributed by atoms with Crippen LogP contribution in [-0.4, -0.2) is 39.8 Å². The van der Waals surface area contributed by atoms with Crippen molar-refractivity contribution in [3.63, 3.8) is 0 Å². The SMILES string of the molecule is CCCC1(O)CN(CCn2ccccc2=O)C1. The van der Waals surface area contributed by atoms with Gasteiger partial charge in [0.2, 0.25) is 0 Å². The van der Waals surface area contributed by atoms with E-state index in [1.54, 1.807) is 22.9 Å². The van der Waals surface area contributed by atoms with Crippen LogP contribution in [0.2, 0.25) is 0 Å². The Labute approximate surface area is 101 Å². The fourth-order valence-corrected chi connectivity index (χ4v) is 2.46. The van der Waals surface area contributed by atoms with Crippen molar-refractivity contribution in [1.29, 1.82) is 0 Å². The van der Waals surface area contributed by atoms with E-state index in [9.17, 15) is 9.90 Å². The third-order valence-corrected chi connectivity index (χ3v) is 3.31. The molecule has 0 bridgehead atoms. The van der Waals surface area contributed by atoms with Crippen molar-refractivity contribution in [2.75, 3.05) is 19.6 Å². The van der Waals surface area contributed by atoms with Crippen LogP contribution in [0.1, 0.15) is 19.8 Å². The minimum absolute atomic E-state index is 0.0387. The van der Waals surface area contributed by atoms with Gasteiger partial charge in [-0.25, -0.2) is 0 Å². The van der Waals surface area contributed by atoms with Gasteiger partial charge in [0.05, 0.1) is 5.60 Å². The average molecular weight is 236 g/mol. The molecule has 1 aliphatic rings. The summed E-state index contributed by atoms with van der Waals surface area (Å²) in [6.45, 7) is 5.09. The molecule has 0 saturated carbocycles. The first kappa shape index (κ1) is 12.3. The maximum Gasteiger partial charge on any atom is 0.250 e. The van der Waals surface area contributed by atoms with Crippen LogP contribution in [0.25, 0.3) is 0 Å². The first-order valence-electron chi connectivity index (χ1n) is 6.23. The summed E-state index contributed by atoms with van der Waals surface area (Å²) in [6, 6.07) is 5.19. The molecule has 0 radical (unpaired) electrons. The molecule has 1 aromatic rings. The van der Waals surface area contributed by atoms with E-state index in [1.165, 1.54) is 0 Å². The summed E-state index contributed by atoms with van der Waals surface area (Å²) in [4.78, 5) is 13.7. The van der Waals surface area contributed by atoms with Crippen molar-refractivity contribution in [1.82, 2.24) is 9.47 Å². The van der Waals surface area contributed by atoms with Gasteiger partial charge in [-0.3, -0.25) is 9.69 Å². The van der Waals surface area contributed by atoms with Crippen molar-refractivity contribution >= 4 is 0 Å². The number of hydrogen-bond acceptors (Lipinski definition) is 3. The lowest BCUT2D eigenvalue weighted by Gasteiger charge is -2.46. The number of nitrogens with zero attached hydrogens (tertiary/aromatic N) is 2. The summed E-state index contributed by atoms with van der Waals surface area (Å²) in [6.07, 6.45) is 3.69. The highest BCUT2D eigenvalue weighted by Gasteiger charge is 2.39. The van der Waals surface area contributed by atoms with Gasteiger partial charge < -0.3 is 9.67 Å². The molecule has 2 rings (SSSR count). The second-order valence-electron chi connectivity index (χ2n) is 4.92. The average Bonchev–Trinajstić information content (AvgIpc) is 2.25. The Hall–Kier alpha value is -1.13. The van der Waals surface area contributed by atoms with Crippen LogP contribution < -0.4 is 5.56 Å². The van der Waals surface area contributed by atoms with Gasteiger partial charge in [-0.2, -0.15) is 0 Å². The quantitative estimate of drug-likeness (QED) is 0.818. The van der Waals surface area contributed by atoms with E-state index in [2.05, 4.69) is 11.8 Å². The Bertz CT molecular complexity index is 421. The molecule has 4 heteroatoms. The fraction of sp³-hybridized carbons (Fsp3) is 0.615. The molecule has 1 N–H and O–H groups in total. The largest absolute Gasteiger partial charge is 0.387 e. The lowest BCUT2D eigenvalue weighted by atomic mass is 9.89. The molecule has 1 fully saturated rings. The number of β-amino-alcohol motifs (C(OH)–C–C–N with tert-alkyl or cyclic N) is 1. The van der Waals surface area contributed by atoms with Crippen LogP contribution in [-0.2, 0) is 6.54 Å². The Morgan fingerprint density at radius 2 is 2.12 bits per heavy atom. The molecular formula is C13H20N2O2. The molecule has 0 spiro atoms. The number of hydrogen-bond donors (Lipinski definition) is 1. The summed E-state index contributed by atoms with van der Waals surface area (Å²) in [7, 11) is 0. The van der Waals surface area contributed by atoms with Crippen molar-refractivity contribution in [2.45, 2.75) is 31.9 Å². The lowest BCUT2D eigenvalue weighted by molar-refractivity contribution is -0.103. The number of pyridine rings is 1. The first-order chi connectivity index (χ1) is 8.13. The van der Waals surface area contributed by atoms with Gasteiger partial charge in [-0.1, -0.05) is 19.4 Å². The van der Waals surface area contributed by atoms with Crippen molar-refractivity contribution in [3.05, 3.63) is 34.7 Å². The predicted molar refractivity (Wildman–Crippen MR) is 67.0 cm³/mol. The Morgan fingerprint density at radius 3 is 2.76 bits per heavy atom. The Kier molecular flexibility index (Phi) is 3.64. The van der Waals surface area contributed by atoms with Crippen LogP contribution in [0.3, 0.4) is 0 Å². The molecule has 0 aromatic carbocycles. The number of rotatable bonds is 5. The second kappa shape index (κ2) is 5.02. The van der Waals surface area contributed by atoms with E-state index in [1.807, 2.05) is 6.07 Å². The van der Waals surface area contributed by atoms with Gasteiger partial charge in [0, 0.05) is 38.4 Å². The van der Waals surface area contributed by atoms with E-state index in [0.29, 0.717) is 6.54 Å². The van der Waals surface area contributed by atoms with Crippen molar-refractivity contribution in [2.24, 2.45) is 0 Å². The van der Waals surface area contributed by atoms with Gasteiger partial charge in [-0.05, 0) is 12.5 Å². The fourth-order valence-electron chi connectivity index (χ4n) is 2.46. The lowest BCUT2D eigenvalue weighted by Crippen LogP contribution is -2.62. The van der Waals surface area contributed by atoms with Crippen LogP contribution in [0.5, 0.6) is 0 Å². The van der Waals surface area contributed by atoms with Gasteiger partial charge in [0.15, 0.2) is 0 Å². The maximum atomic E-state index is 11.5. The number of aromatic nitrogens is 1. The molecule has 2 heterocycles. The van der Waals surface area contributed by atoms with Crippen LogP contribution >= 0.6 is 0 Å². The third-order valence-electron chi connectivity index (χ3n) is 3.31. The molecule has 1 aliphatic heterocycles. The summed E-state index contributed by atoms with van der Waals surface area (Å²) >= 11 is 0.